The van der Waals surface area contributed by atoms with E-state index in [2.05, 4.69) is 31.2 Å². The lowest BCUT2D eigenvalue weighted by molar-refractivity contribution is -0.123. The lowest BCUT2D eigenvalue weighted by Crippen LogP contribution is -2.49. The highest BCUT2D eigenvalue weighted by atomic mass is 16.6. The topological polar surface area (TPSA) is 166 Å². The van der Waals surface area contributed by atoms with Gasteiger partial charge in [-0.1, -0.05) is 48.6 Å². The Bertz CT molecular complexity index is 1660. The molecule has 0 saturated carbocycles. The number of fused-ring (bicyclic) bond motifs is 2. The van der Waals surface area contributed by atoms with E-state index in [9.17, 15) is 19.2 Å². The number of aromatic nitrogens is 2. The van der Waals surface area contributed by atoms with Crippen LogP contribution in [-0.2, 0) is 31.9 Å². The molecule has 0 aliphatic rings. The summed E-state index contributed by atoms with van der Waals surface area (Å²) in [5.41, 5.74) is 2.30. The van der Waals surface area contributed by atoms with Crippen LogP contribution in [0.3, 0.4) is 0 Å². The summed E-state index contributed by atoms with van der Waals surface area (Å²) in [6.45, 7) is 11.3. The first kappa shape index (κ1) is 37.6. The van der Waals surface area contributed by atoms with Crippen molar-refractivity contribution in [1.29, 1.82) is 0 Å². The van der Waals surface area contributed by atoms with Gasteiger partial charge in [0.1, 0.15) is 23.3 Å². The average molecular weight is 687 g/mol. The van der Waals surface area contributed by atoms with Crippen molar-refractivity contribution in [3.8, 4) is 0 Å². The molecule has 0 saturated heterocycles. The number of benzene rings is 2. The van der Waals surface area contributed by atoms with E-state index in [1.165, 1.54) is 0 Å². The third-order valence-corrected chi connectivity index (χ3v) is 7.60. The Balaban J connectivity index is 1.26. The average Bonchev–Trinajstić information content (AvgIpc) is 3.63. The molecule has 2 atom stereocenters. The van der Waals surface area contributed by atoms with E-state index in [0.29, 0.717) is 25.9 Å². The molecule has 2 heterocycles. The van der Waals surface area contributed by atoms with Crippen LogP contribution in [0.1, 0.15) is 65.5 Å². The van der Waals surface area contributed by atoms with Crippen LogP contribution >= 0.6 is 0 Å². The minimum atomic E-state index is -0.838. The molecule has 0 aliphatic heterocycles. The van der Waals surface area contributed by atoms with Crippen molar-refractivity contribution in [3.63, 3.8) is 0 Å². The first-order valence-electron chi connectivity index (χ1n) is 17.0. The first-order chi connectivity index (χ1) is 23.7. The van der Waals surface area contributed by atoms with Gasteiger partial charge in [0.05, 0.1) is 0 Å². The second kappa shape index (κ2) is 16.9. The first-order valence-corrected chi connectivity index (χ1v) is 17.0. The molecular weight excluding hydrogens is 636 g/mol. The molecular formula is C38H50N6O6. The fraction of sp³-hybridized carbons (Fsp3) is 0.421. The van der Waals surface area contributed by atoms with Crippen molar-refractivity contribution in [1.82, 2.24) is 31.2 Å². The van der Waals surface area contributed by atoms with Gasteiger partial charge in [0.2, 0.25) is 11.8 Å². The maximum atomic E-state index is 13.2. The van der Waals surface area contributed by atoms with Gasteiger partial charge in [-0.3, -0.25) is 9.59 Å². The van der Waals surface area contributed by atoms with E-state index in [1.807, 2.05) is 73.1 Å². The number of carbonyl (C=O) groups excluding carboxylic acids is 4. The number of aromatic amines is 2. The second-order valence-corrected chi connectivity index (χ2v) is 14.2. The molecule has 12 heteroatoms. The van der Waals surface area contributed by atoms with E-state index >= 15 is 0 Å². The van der Waals surface area contributed by atoms with Gasteiger partial charge < -0.3 is 40.7 Å². The summed E-state index contributed by atoms with van der Waals surface area (Å²) in [5.74, 6) is -0.638. The lowest BCUT2D eigenvalue weighted by atomic mass is 10.0. The fourth-order valence-corrected chi connectivity index (χ4v) is 5.40. The van der Waals surface area contributed by atoms with E-state index in [0.717, 1.165) is 32.9 Å². The van der Waals surface area contributed by atoms with E-state index in [1.54, 1.807) is 41.5 Å². The molecule has 50 heavy (non-hydrogen) atoms. The standard InChI is InChI=1S/C38H50N6O6/c1-37(2,3)49-35(47)43-31(21-25-23-41-29-17-11-9-15-27(25)29)33(45)39-19-13-7-8-14-20-40-34(46)32(44-36(48)50-38(4,5)6)22-26-24-42-30-18-12-10-16-28(26)30/h7-12,15-18,23-24,31-32,41-42H,13-14,19-22H2,1-6H3,(H,39,45)(H,40,46)(H,43,47)(H,44,48)/b8-7+/t31-,32-/m0/s1. The van der Waals surface area contributed by atoms with Gasteiger partial charge >= 0.3 is 12.2 Å². The van der Waals surface area contributed by atoms with Gasteiger partial charge in [-0.25, -0.2) is 9.59 Å². The van der Waals surface area contributed by atoms with Crippen molar-refractivity contribution in [3.05, 3.63) is 84.2 Å². The Labute approximate surface area is 293 Å². The van der Waals surface area contributed by atoms with Gasteiger partial charge in [0.25, 0.3) is 0 Å². The van der Waals surface area contributed by atoms with Crippen molar-refractivity contribution < 1.29 is 28.7 Å². The quantitative estimate of drug-likeness (QED) is 0.0726. The van der Waals surface area contributed by atoms with Crippen LogP contribution < -0.4 is 21.3 Å². The predicted octanol–water partition coefficient (Wildman–Crippen LogP) is 5.79. The largest absolute Gasteiger partial charge is 0.444 e. The summed E-state index contributed by atoms with van der Waals surface area (Å²) in [5, 5.41) is 13.2. The SMILES string of the molecule is CC(C)(C)OC(=O)N[C@@H](Cc1c[nH]c2ccccc12)C(=O)NCC/C=C/CCNC(=O)[C@H](Cc1c[nH]c2ccccc12)NC(=O)OC(C)(C)C. The number of para-hydroxylation sites is 2. The summed E-state index contributed by atoms with van der Waals surface area (Å²) in [6, 6.07) is 13.9. The Hall–Kier alpha value is -5.26. The van der Waals surface area contributed by atoms with Crippen LogP contribution in [0.5, 0.6) is 0 Å². The van der Waals surface area contributed by atoms with Crippen LogP contribution in [-0.4, -0.2) is 70.3 Å². The number of H-pyrrole nitrogens is 2. The predicted molar refractivity (Wildman–Crippen MR) is 195 cm³/mol. The normalized spacial score (nSPS) is 13.2. The fourth-order valence-electron chi connectivity index (χ4n) is 5.40. The van der Waals surface area contributed by atoms with E-state index in [4.69, 9.17) is 9.47 Å². The van der Waals surface area contributed by atoms with Crippen LogP contribution in [0.2, 0.25) is 0 Å². The number of alkyl carbamates (subject to hydrolysis) is 2. The van der Waals surface area contributed by atoms with Gasteiger partial charge in [0.15, 0.2) is 0 Å². The Morgan fingerprint density at radius 2 is 1.02 bits per heavy atom. The van der Waals surface area contributed by atoms with Gasteiger partial charge in [-0.05, 0) is 77.6 Å². The molecule has 6 N–H and O–H groups in total. The van der Waals surface area contributed by atoms with Crippen molar-refractivity contribution in [2.24, 2.45) is 0 Å². The van der Waals surface area contributed by atoms with Gasteiger partial charge in [-0.2, -0.15) is 0 Å². The zero-order valence-electron chi connectivity index (χ0n) is 29.8. The van der Waals surface area contributed by atoms with Crippen LogP contribution in [0.15, 0.2) is 73.1 Å². The molecule has 268 valence electrons. The minimum Gasteiger partial charge on any atom is -0.444 e. The minimum absolute atomic E-state index is 0.286. The third-order valence-electron chi connectivity index (χ3n) is 7.60. The number of nitrogens with one attached hydrogen (secondary N) is 6. The van der Waals surface area contributed by atoms with Crippen molar-refractivity contribution >= 4 is 45.8 Å². The van der Waals surface area contributed by atoms with Gasteiger partial charge in [0, 0.05) is 60.1 Å². The highest BCUT2D eigenvalue weighted by Gasteiger charge is 2.27. The van der Waals surface area contributed by atoms with Crippen LogP contribution in [0.25, 0.3) is 21.8 Å². The molecule has 4 amide bonds. The Morgan fingerprint density at radius 3 is 1.40 bits per heavy atom. The number of hydrogen-bond donors (Lipinski definition) is 6. The summed E-state index contributed by atoms with van der Waals surface area (Å²) in [7, 11) is 0. The van der Waals surface area contributed by atoms with Crippen LogP contribution in [0.4, 0.5) is 9.59 Å². The molecule has 2 aromatic heterocycles. The molecule has 0 aliphatic carbocycles. The monoisotopic (exact) mass is 686 g/mol. The van der Waals surface area contributed by atoms with Gasteiger partial charge in [-0.15, -0.1) is 0 Å². The zero-order valence-corrected chi connectivity index (χ0v) is 29.8. The molecule has 4 rings (SSSR count). The molecule has 2 aromatic carbocycles. The second-order valence-electron chi connectivity index (χ2n) is 14.2. The molecule has 0 unspecified atom stereocenters. The number of hydrogen-bond acceptors (Lipinski definition) is 6. The molecule has 0 bridgehead atoms. The number of ether oxygens (including phenoxy) is 2. The highest BCUT2D eigenvalue weighted by Crippen LogP contribution is 2.21. The zero-order chi connectivity index (χ0) is 36.3. The molecule has 0 radical (unpaired) electrons. The van der Waals surface area contributed by atoms with E-state index < -0.39 is 35.5 Å². The molecule has 0 fully saturated rings. The van der Waals surface area contributed by atoms with Crippen molar-refractivity contribution in [2.75, 3.05) is 13.1 Å². The number of amides is 4. The molecule has 4 aromatic rings. The molecule has 12 nitrogen and oxygen atoms in total. The third kappa shape index (κ3) is 11.7. The van der Waals surface area contributed by atoms with E-state index in [-0.39, 0.29) is 24.7 Å². The number of rotatable bonds is 14. The maximum absolute atomic E-state index is 13.2. The summed E-state index contributed by atoms with van der Waals surface area (Å²) < 4.78 is 10.8. The van der Waals surface area contributed by atoms with Crippen LogP contribution in [0, 0.1) is 0 Å². The molecule has 0 spiro atoms. The number of carbonyl (C=O) groups is 4. The Kier molecular flexibility index (Phi) is 12.7. The van der Waals surface area contributed by atoms with Crippen molar-refractivity contribution in [2.45, 2.75) is 90.5 Å². The highest BCUT2D eigenvalue weighted by molar-refractivity contribution is 5.89. The lowest BCUT2D eigenvalue weighted by Gasteiger charge is -2.23. The summed E-state index contributed by atoms with van der Waals surface area (Å²) in [4.78, 5) is 58.0. The Morgan fingerprint density at radius 1 is 0.640 bits per heavy atom. The smallest absolute Gasteiger partial charge is 0.408 e. The summed E-state index contributed by atoms with van der Waals surface area (Å²) >= 11 is 0. The summed E-state index contributed by atoms with van der Waals surface area (Å²) in [6.07, 6.45) is 7.89. The maximum Gasteiger partial charge on any atom is 0.408 e.